The SMILES string of the molecule is CC1CC(c2ccccc2)=Nc2cc(-c3nc([C@H]4C[C@H](C(N)=O)C4)n4ccnc(N)c34)ccc21. The molecule has 2 aromatic carbocycles. The second kappa shape index (κ2) is 7.80. The largest absolute Gasteiger partial charge is 0.382 e. The molecule has 3 heterocycles. The van der Waals surface area contributed by atoms with Crippen LogP contribution in [0.2, 0.25) is 0 Å². The maximum atomic E-state index is 11.5. The van der Waals surface area contributed by atoms with Gasteiger partial charge in [-0.25, -0.2) is 9.97 Å². The second-order valence-corrected chi connectivity index (χ2v) is 9.42. The Morgan fingerprint density at radius 3 is 2.65 bits per heavy atom. The molecule has 1 unspecified atom stereocenters. The normalized spacial score (nSPS) is 21.6. The van der Waals surface area contributed by atoms with Crippen LogP contribution in [0, 0.1) is 5.92 Å². The van der Waals surface area contributed by atoms with Crippen LogP contribution in [0.3, 0.4) is 0 Å². The first kappa shape index (κ1) is 20.6. The maximum Gasteiger partial charge on any atom is 0.220 e. The van der Waals surface area contributed by atoms with Crippen molar-refractivity contribution in [2.45, 2.75) is 38.0 Å². The summed E-state index contributed by atoms with van der Waals surface area (Å²) in [5.41, 5.74) is 18.8. The number of carbonyl (C=O) groups excluding carboxylic acids is 1. The number of imidazole rings is 1. The summed E-state index contributed by atoms with van der Waals surface area (Å²) in [6.07, 6.45) is 5.91. The highest BCUT2D eigenvalue weighted by molar-refractivity contribution is 6.04. The molecule has 1 atom stereocenters. The third kappa shape index (κ3) is 3.27. The van der Waals surface area contributed by atoms with Crippen molar-refractivity contribution in [3.63, 3.8) is 0 Å². The zero-order valence-corrected chi connectivity index (χ0v) is 19.0. The van der Waals surface area contributed by atoms with Gasteiger partial charge in [0.15, 0.2) is 0 Å². The smallest absolute Gasteiger partial charge is 0.220 e. The van der Waals surface area contributed by atoms with E-state index in [9.17, 15) is 4.79 Å². The van der Waals surface area contributed by atoms with Gasteiger partial charge in [-0.15, -0.1) is 0 Å². The molecule has 1 aliphatic heterocycles. The van der Waals surface area contributed by atoms with Gasteiger partial charge in [-0.3, -0.25) is 14.2 Å². The summed E-state index contributed by atoms with van der Waals surface area (Å²) in [7, 11) is 0. The second-order valence-electron chi connectivity index (χ2n) is 9.42. The number of rotatable bonds is 4. The molecule has 1 fully saturated rings. The molecule has 7 heteroatoms. The van der Waals surface area contributed by atoms with Gasteiger partial charge in [-0.2, -0.15) is 0 Å². The van der Waals surface area contributed by atoms with E-state index in [4.69, 9.17) is 21.4 Å². The highest BCUT2D eigenvalue weighted by Crippen LogP contribution is 2.44. The van der Waals surface area contributed by atoms with Gasteiger partial charge in [0, 0.05) is 35.5 Å². The van der Waals surface area contributed by atoms with Crippen LogP contribution in [-0.4, -0.2) is 26.0 Å². The Hall–Kier alpha value is -4.00. The minimum atomic E-state index is -0.241. The molecular weight excluding hydrogens is 424 g/mol. The zero-order valence-electron chi connectivity index (χ0n) is 19.0. The molecule has 7 nitrogen and oxygen atoms in total. The number of hydrogen-bond acceptors (Lipinski definition) is 5. The van der Waals surface area contributed by atoms with E-state index in [-0.39, 0.29) is 17.7 Å². The van der Waals surface area contributed by atoms with E-state index in [0.717, 1.165) is 46.0 Å². The number of benzene rings is 2. The summed E-state index contributed by atoms with van der Waals surface area (Å²) < 4.78 is 2.01. The van der Waals surface area contributed by atoms with Crippen molar-refractivity contribution >= 4 is 28.6 Å². The van der Waals surface area contributed by atoms with Crippen molar-refractivity contribution in [3.8, 4) is 11.3 Å². The predicted octanol–water partition coefficient (Wildman–Crippen LogP) is 4.59. The molecule has 34 heavy (non-hydrogen) atoms. The summed E-state index contributed by atoms with van der Waals surface area (Å²) in [4.78, 5) is 25.9. The number of anilines is 1. The van der Waals surface area contributed by atoms with E-state index < -0.39 is 0 Å². The molecule has 2 aliphatic rings. The Bertz CT molecular complexity index is 1450. The highest BCUT2D eigenvalue weighted by atomic mass is 16.1. The molecule has 4 N–H and O–H groups in total. The Morgan fingerprint density at radius 1 is 1.09 bits per heavy atom. The summed E-state index contributed by atoms with van der Waals surface area (Å²) in [5.74, 6) is 1.54. The van der Waals surface area contributed by atoms with E-state index in [1.807, 2.05) is 28.8 Å². The molecule has 0 radical (unpaired) electrons. The number of carbonyl (C=O) groups is 1. The van der Waals surface area contributed by atoms with Crippen LogP contribution >= 0.6 is 0 Å². The molecule has 6 rings (SSSR count). The Labute approximate surface area is 197 Å². The lowest BCUT2D eigenvalue weighted by Gasteiger charge is -2.31. The van der Waals surface area contributed by atoms with Crippen LogP contribution in [0.15, 0.2) is 65.9 Å². The van der Waals surface area contributed by atoms with Gasteiger partial charge in [0.1, 0.15) is 22.9 Å². The predicted molar refractivity (Wildman–Crippen MR) is 133 cm³/mol. The molecule has 4 aromatic rings. The number of aliphatic imine (C=N–C) groups is 1. The molecule has 1 saturated carbocycles. The summed E-state index contributed by atoms with van der Waals surface area (Å²) in [5, 5.41) is 0. The van der Waals surface area contributed by atoms with Gasteiger partial charge in [0.05, 0.1) is 5.69 Å². The van der Waals surface area contributed by atoms with E-state index >= 15 is 0 Å². The Kier molecular flexibility index (Phi) is 4.72. The number of nitrogen functional groups attached to an aromatic ring is 1. The Morgan fingerprint density at radius 2 is 1.88 bits per heavy atom. The fraction of sp³-hybridized carbons (Fsp3) is 0.259. The summed E-state index contributed by atoms with van der Waals surface area (Å²) >= 11 is 0. The van der Waals surface area contributed by atoms with Gasteiger partial charge < -0.3 is 11.5 Å². The van der Waals surface area contributed by atoms with Gasteiger partial charge in [-0.05, 0) is 42.4 Å². The number of primary amides is 1. The van der Waals surface area contributed by atoms with Crippen molar-refractivity contribution in [2.75, 3.05) is 5.73 Å². The molecular formula is C27H26N6O. The molecule has 0 saturated heterocycles. The van der Waals surface area contributed by atoms with Crippen molar-refractivity contribution in [1.29, 1.82) is 0 Å². The van der Waals surface area contributed by atoms with Gasteiger partial charge in [0.2, 0.25) is 5.91 Å². The average molecular weight is 451 g/mol. The van der Waals surface area contributed by atoms with Crippen LogP contribution < -0.4 is 11.5 Å². The van der Waals surface area contributed by atoms with Crippen LogP contribution in [-0.2, 0) is 4.79 Å². The quantitative estimate of drug-likeness (QED) is 0.474. The fourth-order valence-electron chi connectivity index (χ4n) is 5.25. The average Bonchev–Trinajstić information content (AvgIpc) is 3.19. The highest BCUT2D eigenvalue weighted by Gasteiger charge is 2.37. The van der Waals surface area contributed by atoms with E-state index in [0.29, 0.717) is 24.6 Å². The lowest BCUT2D eigenvalue weighted by Crippen LogP contribution is -2.34. The first-order chi connectivity index (χ1) is 16.5. The third-order valence-corrected chi connectivity index (χ3v) is 7.21. The number of nitrogens with two attached hydrogens (primary N) is 2. The van der Waals surface area contributed by atoms with Crippen molar-refractivity contribution < 1.29 is 4.79 Å². The molecule has 0 bridgehead atoms. The maximum absolute atomic E-state index is 11.5. The van der Waals surface area contributed by atoms with Crippen LogP contribution in [0.1, 0.15) is 55.0 Å². The van der Waals surface area contributed by atoms with E-state index in [2.05, 4.69) is 42.2 Å². The number of aromatic nitrogens is 3. The lowest BCUT2D eigenvalue weighted by atomic mass is 9.74. The first-order valence-corrected chi connectivity index (χ1v) is 11.7. The summed E-state index contributed by atoms with van der Waals surface area (Å²) in [6.45, 7) is 2.24. The fourth-order valence-corrected chi connectivity index (χ4v) is 5.25. The minimum absolute atomic E-state index is 0.0871. The third-order valence-electron chi connectivity index (χ3n) is 7.21. The molecule has 2 aromatic heterocycles. The Balaban J connectivity index is 1.45. The minimum Gasteiger partial charge on any atom is -0.382 e. The first-order valence-electron chi connectivity index (χ1n) is 11.7. The topological polar surface area (TPSA) is 112 Å². The monoisotopic (exact) mass is 450 g/mol. The number of fused-ring (bicyclic) bond motifs is 2. The van der Waals surface area contributed by atoms with E-state index in [1.54, 1.807) is 6.20 Å². The molecule has 1 amide bonds. The lowest BCUT2D eigenvalue weighted by molar-refractivity contribution is -0.124. The van der Waals surface area contributed by atoms with Gasteiger partial charge in [0.25, 0.3) is 0 Å². The molecule has 170 valence electrons. The van der Waals surface area contributed by atoms with Gasteiger partial charge >= 0.3 is 0 Å². The van der Waals surface area contributed by atoms with E-state index in [1.165, 1.54) is 5.56 Å². The van der Waals surface area contributed by atoms with Crippen LogP contribution in [0.5, 0.6) is 0 Å². The van der Waals surface area contributed by atoms with Crippen molar-refractivity contribution in [1.82, 2.24) is 14.4 Å². The number of hydrogen-bond donors (Lipinski definition) is 2. The number of nitrogens with zero attached hydrogens (tertiary/aromatic N) is 4. The van der Waals surface area contributed by atoms with Gasteiger partial charge in [-0.1, -0.05) is 49.4 Å². The molecule has 1 aliphatic carbocycles. The molecule has 0 spiro atoms. The standard InChI is InChI=1S/C27H26N6O/c1-15-11-21(16-5-3-2-4-6-16)31-22-14-17(7-8-20(15)22)23-24-25(28)30-9-10-33(24)27(32-23)19-12-18(13-19)26(29)34/h2-10,14-15,18-19H,11-13H2,1H3,(H2,28,30)(H2,29,34)/t15?,18-,19-. The number of amides is 1. The van der Waals surface area contributed by atoms with Crippen LogP contribution in [0.4, 0.5) is 11.5 Å². The van der Waals surface area contributed by atoms with Crippen molar-refractivity contribution in [2.24, 2.45) is 16.6 Å². The zero-order chi connectivity index (χ0) is 23.4. The summed E-state index contributed by atoms with van der Waals surface area (Å²) in [6, 6.07) is 16.7. The van der Waals surface area contributed by atoms with Crippen LogP contribution in [0.25, 0.3) is 16.8 Å². The van der Waals surface area contributed by atoms with Crippen molar-refractivity contribution in [3.05, 3.63) is 77.9 Å².